The minimum atomic E-state index is -0.566. The summed E-state index contributed by atoms with van der Waals surface area (Å²) >= 11 is 0. The van der Waals surface area contributed by atoms with E-state index in [0.717, 1.165) is 38.3 Å². The first kappa shape index (κ1) is 17.7. The number of aliphatic hydroxyl groups excluding tert-OH is 1. The molecule has 0 saturated heterocycles. The van der Waals surface area contributed by atoms with Gasteiger partial charge in [-0.2, -0.15) is 0 Å². The van der Waals surface area contributed by atoms with Crippen LogP contribution in [0.5, 0.6) is 0 Å². The molecule has 1 aromatic carbocycles. The zero-order chi connectivity index (χ0) is 16.7. The van der Waals surface area contributed by atoms with E-state index in [-0.39, 0.29) is 6.10 Å². The van der Waals surface area contributed by atoms with Gasteiger partial charge in [-0.25, -0.2) is 8.78 Å². The maximum Gasteiger partial charge on any atom is 0.191 e. The molecule has 0 amide bonds. The number of benzene rings is 1. The van der Waals surface area contributed by atoms with E-state index in [4.69, 9.17) is 0 Å². The van der Waals surface area contributed by atoms with Gasteiger partial charge < -0.3 is 15.7 Å². The number of halogens is 2. The first-order valence-corrected chi connectivity index (χ1v) is 8.25. The summed E-state index contributed by atoms with van der Waals surface area (Å²) in [7, 11) is 0. The van der Waals surface area contributed by atoms with Gasteiger partial charge in [0.1, 0.15) is 11.6 Å². The Morgan fingerprint density at radius 3 is 2.65 bits per heavy atom. The number of guanidine groups is 1. The highest BCUT2D eigenvalue weighted by Crippen LogP contribution is 2.18. The lowest BCUT2D eigenvalue weighted by molar-refractivity contribution is 0.120. The predicted octanol–water partition coefficient (Wildman–Crippen LogP) is 2.37. The van der Waals surface area contributed by atoms with Crippen molar-refractivity contribution in [3.8, 4) is 0 Å². The molecule has 0 atom stereocenters. The number of hydrogen-bond donors (Lipinski definition) is 3. The Morgan fingerprint density at radius 2 is 2.00 bits per heavy atom. The first-order valence-electron chi connectivity index (χ1n) is 8.25. The SMILES string of the molecule is CCNC(=NCCc1ccc(F)cc1F)NC1CCC(O)CC1. The monoisotopic (exact) mass is 325 g/mol. The lowest BCUT2D eigenvalue weighted by Crippen LogP contribution is -2.45. The molecule has 0 radical (unpaired) electrons. The lowest BCUT2D eigenvalue weighted by atomic mass is 9.93. The van der Waals surface area contributed by atoms with Crippen molar-refractivity contribution in [2.24, 2.45) is 4.99 Å². The van der Waals surface area contributed by atoms with Gasteiger partial charge in [-0.15, -0.1) is 0 Å². The molecule has 0 aromatic heterocycles. The Bertz CT molecular complexity index is 529. The van der Waals surface area contributed by atoms with Crippen LogP contribution in [0.3, 0.4) is 0 Å². The Balaban J connectivity index is 1.88. The van der Waals surface area contributed by atoms with Crippen molar-refractivity contribution >= 4 is 5.96 Å². The number of hydrogen-bond acceptors (Lipinski definition) is 2. The molecule has 4 nitrogen and oxygen atoms in total. The van der Waals surface area contributed by atoms with Crippen molar-refractivity contribution in [2.75, 3.05) is 13.1 Å². The van der Waals surface area contributed by atoms with Crippen molar-refractivity contribution in [1.29, 1.82) is 0 Å². The molecular weight excluding hydrogens is 300 g/mol. The second kappa shape index (κ2) is 8.82. The van der Waals surface area contributed by atoms with Crippen LogP contribution in [0.15, 0.2) is 23.2 Å². The molecule has 1 fully saturated rings. The van der Waals surface area contributed by atoms with E-state index in [1.807, 2.05) is 6.92 Å². The number of nitrogens with one attached hydrogen (secondary N) is 2. The molecule has 0 spiro atoms. The van der Waals surface area contributed by atoms with Crippen LogP contribution in [0, 0.1) is 11.6 Å². The molecule has 3 N–H and O–H groups in total. The minimum Gasteiger partial charge on any atom is -0.393 e. The molecule has 0 unspecified atom stereocenters. The van der Waals surface area contributed by atoms with Gasteiger partial charge in [0.05, 0.1) is 6.10 Å². The van der Waals surface area contributed by atoms with E-state index >= 15 is 0 Å². The predicted molar refractivity (Wildman–Crippen MR) is 87.4 cm³/mol. The van der Waals surface area contributed by atoms with E-state index in [1.165, 1.54) is 12.1 Å². The molecule has 1 aliphatic rings. The Kier molecular flexibility index (Phi) is 6.77. The van der Waals surface area contributed by atoms with Crippen molar-refractivity contribution in [3.63, 3.8) is 0 Å². The summed E-state index contributed by atoms with van der Waals surface area (Å²) in [5.74, 6) is -0.389. The van der Waals surface area contributed by atoms with Crippen LogP contribution >= 0.6 is 0 Å². The normalized spacial score (nSPS) is 22.0. The zero-order valence-electron chi connectivity index (χ0n) is 13.5. The average Bonchev–Trinajstić information content (AvgIpc) is 2.52. The number of nitrogens with zero attached hydrogens (tertiary/aromatic N) is 1. The highest BCUT2D eigenvalue weighted by atomic mass is 19.1. The van der Waals surface area contributed by atoms with Gasteiger partial charge in [0.2, 0.25) is 0 Å². The number of rotatable bonds is 5. The zero-order valence-corrected chi connectivity index (χ0v) is 13.5. The van der Waals surface area contributed by atoms with Gasteiger partial charge in [0.15, 0.2) is 5.96 Å². The third-order valence-electron chi connectivity index (χ3n) is 4.05. The maximum atomic E-state index is 13.6. The van der Waals surface area contributed by atoms with Gasteiger partial charge in [-0.3, -0.25) is 4.99 Å². The number of aliphatic imine (C=N–C) groups is 1. The molecule has 1 aliphatic carbocycles. The van der Waals surface area contributed by atoms with Crippen molar-refractivity contribution in [2.45, 2.75) is 51.2 Å². The van der Waals surface area contributed by atoms with E-state index in [9.17, 15) is 13.9 Å². The summed E-state index contributed by atoms with van der Waals surface area (Å²) in [6.45, 7) is 3.15. The third kappa shape index (κ3) is 5.78. The summed E-state index contributed by atoms with van der Waals surface area (Å²) in [6.07, 6.45) is 3.67. The Morgan fingerprint density at radius 1 is 1.26 bits per heavy atom. The fraction of sp³-hybridized carbons (Fsp3) is 0.588. The van der Waals surface area contributed by atoms with Crippen LogP contribution in [-0.4, -0.2) is 36.3 Å². The van der Waals surface area contributed by atoms with Crippen LogP contribution in [0.4, 0.5) is 8.78 Å². The van der Waals surface area contributed by atoms with Crippen molar-refractivity contribution in [3.05, 3.63) is 35.4 Å². The summed E-state index contributed by atoms with van der Waals surface area (Å²) in [5, 5.41) is 16.1. The molecule has 1 saturated carbocycles. The van der Waals surface area contributed by atoms with Crippen LogP contribution < -0.4 is 10.6 Å². The van der Waals surface area contributed by atoms with Gasteiger partial charge in [-0.05, 0) is 50.7 Å². The fourth-order valence-electron chi connectivity index (χ4n) is 2.75. The standard InChI is InChI=1S/C17H25F2N3O/c1-2-20-17(22-14-5-7-15(23)8-6-14)21-10-9-12-3-4-13(18)11-16(12)19/h3-4,11,14-15,23H,2,5-10H2,1H3,(H2,20,21,22). The molecule has 0 aliphatic heterocycles. The Hall–Kier alpha value is -1.69. The van der Waals surface area contributed by atoms with Crippen LogP contribution in [0.1, 0.15) is 38.2 Å². The fourth-order valence-corrected chi connectivity index (χ4v) is 2.75. The average molecular weight is 325 g/mol. The van der Waals surface area contributed by atoms with Crippen LogP contribution in [0.2, 0.25) is 0 Å². The summed E-state index contributed by atoms with van der Waals surface area (Å²) in [5.41, 5.74) is 0.465. The maximum absolute atomic E-state index is 13.6. The first-order chi connectivity index (χ1) is 11.1. The van der Waals surface area contributed by atoms with Crippen LogP contribution in [0.25, 0.3) is 0 Å². The molecule has 1 aromatic rings. The van der Waals surface area contributed by atoms with Crippen molar-refractivity contribution < 1.29 is 13.9 Å². The molecule has 128 valence electrons. The topological polar surface area (TPSA) is 56.7 Å². The van der Waals surface area contributed by atoms with Gasteiger partial charge >= 0.3 is 0 Å². The number of aliphatic hydroxyl groups is 1. The smallest absolute Gasteiger partial charge is 0.191 e. The third-order valence-corrected chi connectivity index (χ3v) is 4.05. The van der Waals surface area contributed by atoms with Crippen LogP contribution in [-0.2, 0) is 6.42 Å². The molecule has 0 bridgehead atoms. The van der Waals surface area contributed by atoms with E-state index in [0.29, 0.717) is 30.5 Å². The minimum absolute atomic E-state index is 0.186. The Labute approximate surface area is 136 Å². The van der Waals surface area contributed by atoms with E-state index < -0.39 is 11.6 Å². The second-order valence-corrected chi connectivity index (χ2v) is 5.90. The lowest BCUT2D eigenvalue weighted by Gasteiger charge is -2.27. The van der Waals surface area contributed by atoms with Gasteiger partial charge in [-0.1, -0.05) is 6.07 Å². The molecule has 0 heterocycles. The highest BCUT2D eigenvalue weighted by molar-refractivity contribution is 5.80. The quantitative estimate of drug-likeness (QED) is 0.575. The summed E-state index contributed by atoms with van der Waals surface area (Å²) in [6, 6.07) is 3.93. The molecule has 2 rings (SSSR count). The summed E-state index contributed by atoms with van der Waals surface area (Å²) in [4.78, 5) is 4.46. The van der Waals surface area contributed by atoms with Gasteiger partial charge in [0, 0.05) is 25.2 Å². The van der Waals surface area contributed by atoms with E-state index in [2.05, 4.69) is 15.6 Å². The van der Waals surface area contributed by atoms with Crippen molar-refractivity contribution in [1.82, 2.24) is 10.6 Å². The largest absolute Gasteiger partial charge is 0.393 e. The van der Waals surface area contributed by atoms with E-state index in [1.54, 1.807) is 0 Å². The molecular formula is C17H25F2N3O. The highest BCUT2D eigenvalue weighted by Gasteiger charge is 2.19. The molecule has 23 heavy (non-hydrogen) atoms. The van der Waals surface area contributed by atoms with Gasteiger partial charge in [0.25, 0.3) is 0 Å². The summed E-state index contributed by atoms with van der Waals surface area (Å²) < 4.78 is 26.5. The second-order valence-electron chi connectivity index (χ2n) is 5.90. The molecule has 6 heteroatoms.